The molecular formula is C24H40O4. The lowest BCUT2D eigenvalue weighted by Crippen LogP contribution is -2.65. The Kier molecular flexibility index (Phi) is 6.34. The number of hydrogen-bond acceptors (Lipinski definition) is 4. The van der Waals surface area contributed by atoms with E-state index in [1.807, 2.05) is 83.1 Å². The van der Waals surface area contributed by atoms with Crippen molar-refractivity contribution >= 4 is 23.1 Å². The zero-order chi connectivity index (χ0) is 22.6. The van der Waals surface area contributed by atoms with Crippen molar-refractivity contribution < 1.29 is 19.2 Å². The standard InChI is InChI=1S/C24H40O4/c1-21(2,3)17(25)13-14(18(26)22(4,5)6)16(20(28)24(10,11)12)15(13)19(27)23(7,8)9/h13-16H,1-12H3. The lowest BCUT2D eigenvalue weighted by atomic mass is 9.45. The van der Waals surface area contributed by atoms with Gasteiger partial charge in [0.15, 0.2) is 0 Å². The molecule has 0 unspecified atom stereocenters. The van der Waals surface area contributed by atoms with Gasteiger partial charge in [0.2, 0.25) is 0 Å². The minimum atomic E-state index is -0.727. The Morgan fingerprint density at radius 2 is 0.464 bits per heavy atom. The van der Waals surface area contributed by atoms with Crippen molar-refractivity contribution in [3.8, 4) is 0 Å². The van der Waals surface area contributed by atoms with Crippen LogP contribution in [0, 0.1) is 45.3 Å². The highest BCUT2D eigenvalue weighted by molar-refractivity contribution is 6.07. The molecular weight excluding hydrogens is 352 g/mol. The van der Waals surface area contributed by atoms with Crippen molar-refractivity contribution in [1.29, 1.82) is 0 Å². The second-order valence-corrected chi connectivity index (χ2v) is 12.6. The van der Waals surface area contributed by atoms with Gasteiger partial charge in [-0.05, 0) is 0 Å². The third-order valence-electron chi connectivity index (χ3n) is 5.72. The average Bonchev–Trinajstić information content (AvgIpc) is 2.41. The summed E-state index contributed by atoms with van der Waals surface area (Å²) in [5, 5.41) is 0. The summed E-state index contributed by atoms with van der Waals surface area (Å²) in [5.74, 6) is -3.31. The number of Topliss-reactive ketones (excluding diaryl/α,β-unsaturated/α-hetero) is 4. The van der Waals surface area contributed by atoms with Gasteiger partial charge in [-0.15, -0.1) is 0 Å². The Bertz CT molecular complexity index is 543. The van der Waals surface area contributed by atoms with Crippen molar-refractivity contribution in [2.45, 2.75) is 83.1 Å². The summed E-state index contributed by atoms with van der Waals surface area (Å²) in [6, 6.07) is 0. The molecule has 0 spiro atoms. The Morgan fingerprint density at radius 1 is 0.357 bits per heavy atom. The SMILES string of the molecule is CC(C)(C)C(=O)C1C(C(=O)C(C)(C)C)C(C(=O)C(C)(C)C)C1C(=O)C(C)(C)C. The minimum Gasteiger partial charge on any atom is -0.299 e. The monoisotopic (exact) mass is 392 g/mol. The van der Waals surface area contributed by atoms with Gasteiger partial charge in [0.25, 0.3) is 0 Å². The van der Waals surface area contributed by atoms with Gasteiger partial charge in [-0.2, -0.15) is 0 Å². The molecule has 1 aliphatic carbocycles. The van der Waals surface area contributed by atoms with E-state index in [9.17, 15) is 19.2 Å². The Labute approximate surface area is 171 Å². The van der Waals surface area contributed by atoms with Gasteiger partial charge in [-0.25, -0.2) is 0 Å². The third-order valence-corrected chi connectivity index (χ3v) is 5.72. The molecule has 0 N–H and O–H groups in total. The van der Waals surface area contributed by atoms with Crippen LogP contribution in [0.25, 0.3) is 0 Å². The van der Waals surface area contributed by atoms with Crippen molar-refractivity contribution in [3.63, 3.8) is 0 Å². The van der Waals surface area contributed by atoms with E-state index in [4.69, 9.17) is 0 Å². The molecule has 1 rings (SSSR count). The lowest BCUT2D eigenvalue weighted by molar-refractivity contribution is -0.175. The molecule has 0 heterocycles. The number of carbonyl (C=O) groups excluding carboxylic acids is 4. The normalized spacial score (nSPS) is 26.4. The van der Waals surface area contributed by atoms with Gasteiger partial charge in [0.1, 0.15) is 23.1 Å². The second kappa shape index (κ2) is 7.18. The smallest absolute Gasteiger partial charge is 0.142 e. The van der Waals surface area contributed by atoms with Crippen LogP contribution in [-0.2, 0) is 19.2 Å². The fourth-order valence-electron chi connectivity index (χ4n) is 4.05. The first-order valence-corrected chi connectivity index (χ1v) is 10.3. The zero-order valence-electron chi connectivity index (χ0n) is 19.9. The maximum Gasteiger partial charge on any atom is 0.142 e. The predicted octanol–water partition coefficient (Wildman–Crippen LogP) is 4.93. The van der Waals surface area contributed by atoms with Crippen LogP contribution in [-0.4, -0.2) is 23.1 Å². The first-order valence-electron chi connectivity index (χ1n) is 10.3. The van der Waals surface area contributed by atoms with Crippen molar-refractivity contribution in [2.75, 3.05) is 0 Å². The quantitative estimate of drug-likeness (QED) is 0.680. The van der Waals surface area contributed by atoms with Crippen LogP contribution in [0.3, 0.4) is 0 Å². The molecule has 0 aromatic carbocycles. The van der Waals surface area contributed by atoms with E-state index >= 15 is 0 Å². The molecule has 28 heavy (non-hydrogen) atoms. The average molecular weight is 393 g/mol. The van der Waals surface area contributed by atoms with Gasteiger partial charge < -0.3 is 0 Å². The van der Waals surface area contributed by atoms with Crippen LogP contribution in [0.2, 0.25) is 0 Å². The zero-order valence-corrected chi connectivity index (χ0v) is 19.9. The van der Waals surface area contributed by atoms with Crippen LogP contribution in [0.1, 0.15) is 83.1 Å². The molecule has 1 saturated carbocycles. The first-order chi connectivity index (χ1) is 12.1. The molecule has 0 aliphatic heterocycles. The largest absolute Gasteiger partial charge is 0.299 e. The van der Waals surface area contributed by atoms with Gasteiger partial charge >= 0.3 is 0 Å². The maximum atomic E-state index is 13.3. The number of hydrogen-bond donors (Lipinski definition) is 0. The van der Waals surface area contributed by atoms with Crippen molar-refractivity contribution in [1.82, 2.24) is 0 Å². The van der Waals surface area contributed by atoms with E-state index in [1.54, 1.807) is 0 Å². The summed E-state index contributed by atoms with van der Waals surface area (Å²) in [6.07, 6.45) is 0. The van der Waals surface area contributed by atoms with Gasteiger partial charge in [0, 0.05) is 45.3 Å². The molecule has 0 saturated heterocycles. The van der Waals surface area contributed by atoms with E-state index in [-0.39, 0.29) is 23.1 Å². The van der Waals surface area contributed by atoms with Gasteiger partial charge in [0.05, 0.1) is 0 Å². The van der Waals surface area contributed by atoms with Gasteiger partial charge in [-0.3, -0.25) is 19.2 Å². The van der Waals surface area contributed by atoms with E-state index in [0.717, 1.165) is 0 Å². The molecule has 0 aromatic rings. The molecule has 0 radical (unpaired) electrons. The summed E-state index contributed by atoms with van der Waals surface area (Å²) in [5.41, 5.74) is -2.75. The third kappa shape index (κ3) is 4.63. The predicted molar refractivity (Wildman–Crippen MR) is 112 cm³/mol. The van der Waals surface area contributed by atoms with E-state index in [2.05, 4.69) is 0 Å². The molecule has 0 bridgehead atoms. The highest BCUT2D eigenvalue weighted by Crippen LogP contribution is 2.55. The first kappa shape index (κ1) is 24.7. The minimum absolute atomic E-state index is 0.101. The molecule has 4 nitrogen and oxygen atoms in total. The van der Waals surface area contributed by atoms with Crippen LogP contribution < -0.4 is 0 Å². The fourth-order valence-corrected chi connectivity index (χ4v) is 4.05. The summed E-state index contributed by atoms with van der Waals surface area (Å²) >= 11 is 0. The highest BCUT2D eigenvalue weighted by atomic mass is 16.2. The fraction of sp³-hybridized carbons (Fsp3) is 0.833. The molecule has 0 atom stereocenters. The Balaban J connectivity index is 3.65. The summed E-state index contributed by atoms with van der Waals surface area (Å²) < 4.78 is 0. The molecule has 4 heteroatoms. The highest BCUT2D eigenvalue weighted by Gasteiger charge is 2.65. The van der Waals surface area contributed by atoms with Crippen LogP contribution in [0.4, 0.5) is 0 Å². The van der Waals surface area contributed by atoms with Crippen molar-refractivity contribution in [3.05, 3.63) is 0 Å². The van der Waals surface area contributed by atoms with Crippen LogP contribution >= 0.6 is 0 Å². The van der Waals surface area contributed by atoms with E-state index in [0.29, 0.717) is 0 Å². The molecule has 1 fully saturated rings. The lowest BCUT2D eigenvalue weighted by Gasteiger charge is -2.54. The summed E-state index contributed by atoms with van der Waals surface area (Å²) in [6.45, 7) is 21.7. The maximum absolute atomic E-state index is 13.3. The molecule has 160 valence electrons. The number of carbonyl (C=O) groups is 4. The molecule has 1 aliphatic rings. The molecule has 0 amide bonds. The number of ketones is 4. The Hall–Kier alpha value is -1.32. The topological polar surface area (TPSA) is 68.3 Å². The van der Waals surface area contributed by atoms with E-state index < -0.39 is 45.3 Å². The van der Waals surface area contributed by atoms with E-state index in [1.165, 1.54) is 0 Å². The van der Waals surface area contributed by atoms with Crippen LogP contribution in [0.15, 0.2) is 0 Å². The second-order valence-electron chi connectivity index (χ2n) is 12.6. The van der Waals surface area contributed by atoms with Crippen LogP contribution in [0.5, 0.6) is 0 Å². The molecule has 0 aromatic heterocycles. The summed E-state index contributed by atoms with van der Waals surface area (Å²) in [7, 11) is 0. The van der Waals surface area contributed by atoms with Gasteiger partial charge in [-0.1, -0.05) is 83.1 Å². The van der Waals surface area contributed by atoms with Crippen molar-refractivity contribution in [2.24, 2.45) is 45.3 Å². The Morgan fingerprint density at radius 3 is 0.536 bits per heavy atom. The number of rotatable bonds is 4. The summed E-state index contributed by atoms with van der Waals surface area (Å²) in [4.78, 5) is 53.3.